The van der Waals surface area contributed by atoms with Crippen LogP contribution in [0.2, 0.25) is 5.02 Å². The standard InChI is InChI=1S/C12H17ClN2O4.ClH/c1-17-9-5-8(10(18-2)4-7(9)13)15-12(16)11(6-14)19-3;/h4-5,11H,6,14H2,1-3H3,(H,15,16);1H. The Balaban J connectivity index is 0.00000361. The van der Waals surface area contributed by atoms with E-state index >= 15 is 0 Å². The normalized spacial score (nSPS) is 11.2. The SMILES string of the molecule is COc1cc(NC(=O)C(CN)OC)c(OC)cc1Cl.Cl. The summed E-state index contributed by atoms with van der Waals surface area (Å²) in [5, 5.41) is 3.05. The smallest absolute Gasteiger partial charge is 0.254 e. The van der Waals surface area contributed by atoms with Crippen LogP contribution in [0.5, 0.6) is 11.5 Å². The first-order valence-corrected chi connectivity index (χ1v) is 5.90. The van der Waals surface area contributed by atoms with Crippen LogP contribution >= 0.6 is 24.0 Å². The van der Waals surface area contributed by atoms with Crippen LogP contribution in [-0.4, -0.2) is 39.9 Å². The predicted octanol–water partition coefficient (Wildman–Crippen LogP) is 1.69. The second-order valence-corrected chi connectivity index (χ2v) is 4.04. The Morgan fingerprint density at radius 3 is 2.35 bits per heavy atom. The largest absolute Gasteiger partial charge is 0.495 e. The number of carbonyl (C=O) groups excluding carboxylic acids is 1. The molecule has 0 aliphatic heterocycles. The number of nitrogens with one attached hydrogen (secondary N) is 1. The van der Waals surface area contributed by atoms with Crippen LogP contribution < -0.4 is 20.5 Å². The summed E-state index contributed by atoms with van der Waals surface area (Å²) < 4.78 is 15.2. The lowest BCUT2D eigenvalue weighted by molar-refractivity contribution is -0.125. The number of methoxy groups -OCH3 is 3. The van der Waals surface area contributed by atoms with Crippen LogP contribution in [0.4, 0.5) is 5.69 Å². The van der Waals surface area contributed by atoms with Crippen molar-refractivity contribution < 1.29 is 19.0 Å². The topological polar surface area (TPSA) is 82.8 Å². The zero-order valence-corrected chi connectivity index (χ0v) is 13.0. The first-order chi connectivity index (χ1) is 9.07. The Hall–Kier alpha value is -1.21. The molecule has 1 aromatic carbocycles. The van der Waals surface area contributed by atoms with Crippen molar-refractivity contribution >= 4 is 35.6 Å². The van der Waals surface area contributed by atoms with Crippen LogP contribution in [0.1, 0.15) is 0 Å². The number of carbonyl (C=O) groups is 1. The number of rotatable bonds is 6. The van der Waals surface area contributed by atoms with Gasteiger partial charge in [0.1, 0.15) is 17.6 Å². The third kappa shape index (κ3) is 4.42. The summed E-state index contributed by atoms with van der Waals surface area (Å²) in [6, 6.07) is 3.13. The molecule has 0 bridgehead atoms. The molecule has 8 heteroatoms. The van der Waals surface area contributed by atoms with Crippen molar-refractivity contribution in [3.8, 4) is 11.5 Å². The summed E-state index contributed by atoms with van der Waals surface area (Å²) in [5.41, 5.74) is 5.86. The van der Waals surface area contributed by atoms with Crippen molar-refractivity contribution in [1.82, 2.24) is 0 Å². The molecule has 0 aliphatic carbocycles. The highest BCUT2D eigenvalue weighted by molar-refractivity contribution is 6.32. The molecule has 0 fully saturated rings. The minimum absolute atomic E-state index is 0. The molecule has 114 valence electrons. The van der Waals surface area contributed by atoms with E-state index < -0.39 is 6.10 Å². The van der Waals surface area contributed by atoms with Crippen molar-refractivity contribution in [2.24, 2.45) is 5.73 Å². The molecule has 0 aromatic heterocycles. The number of hydrogen-bond donors (Lipinski definition) is 2. The number of nitrogens with two attached hydrogens (primary N) is 1. The van der Waals surface area contributed by atoms with Gasteiger partial charge in [-0.05, 0) is 0 Å². The lowest BCUT2D eigenvalue weighted by atomic mass is 10.2. The van der Waals surface area contributed by atoms with Crippen molar-refractivity contribution in [2.75, 3.05) is 33.2 Å². The quantitative estimate of drug-likeness (QED) is 0.832. The van der Waals surface area contributed by atoms with Gasteiger partial charge in [0.15, 0.2) is 0 Å². The van der Waals surface area contributed by atoms with Gasteiger partial charge in [0, 0.05) is 25.8 Å². The number of anilines is 1. The first kappa shape index (κ1) is 18.8. The second-order valence-electron chi connectivity index (χ2n) is 3.64. The molecule has 6 nitrogen and oxygen atoms in total. The van der Waals surface area contributed by atoms with E-state index in [-0.39, 0.29) is 24.9 Å². The lowest BCUT2D eigenvalue weighted by Crippen LogP contribution is -2.36. The Morgan fingerprint density at radius 1 is 1.30 bits per heavy atom. The molecule has 0 radical (unpaired) electrons. The zero-order chi connectivity index (χ0) is 14.4. The van der Waals surface area contributed by atoms with E-state index in [1.54, 1.807) is 12.1 Å². The molecule has 1 unspecified atom stereocenters. The van der Waals surface area contributed by atoms with Gasteiger partial charge in [-0.2, -0.15) is 0 Å². The van der Waals surface area contributed by atoms with E-state index in [1.807, 2.05) is 0 Å². The fraction of sp³-hybridized carbons (Fsp3) is 0.417. The predicted molar refractivity (Wildman–Crippen MR) is 80.3 cm³/mol. The maximum absolute atomic E-state index is 11.9. The first-order valence-electron chi connectivity index (χ1n) is 5.52. The average Bonchev–Trinajstić information content (AvgIpc) is 2.41. The second kappa shape index (κ2) is 8.86. The molecule has 3 N–H and O–H groups in total. The van der Waals surface area contributed by atoms with Crippen molar-refractivity contribution in [1.29, 1.82) is 0 Å². The number of halogens is 2. The van der Waals surface area contributed by atoms with E-state index in [9.17, 15) is 4.79 Å². The van der Waals surface area contributed by atoms with Gasteiger partial charge in [-0.25, -0.2) is 0 Å². The number of hydrogen-bond acceptors (Lipinski definition) is 5. The number of amides is 1. The van der Waals surface area contributed by atoms with Crippen LogP contribution in [0, 0.1) is 0 Å². The van der Waals surface area contributed by atoms with Crippen LogP contribution in [0.3, 0.4) is 0 Å². The van der Waals surface area contributed by atoms with Gasteiger partial charge < -0.3 is 25.3 Å². The van der Waals surface area contributed by atoms with Gasteiger partial charge in [-0.1, -0.05) is 11.6 Å². The minimum atomic E-state index is -0.730. The minimum Gasteiger partial charge on any atom is -0.495 e. The molecule has 20 heavy (non-hydrogen) atoms. The summed E-state index contributed by atoms with van der Waals surface area (Å²) >= 11 is 5.97. The van der Waals surface area contributed by atoms with Gasteiger partial charge in [0.2, 0.25) is 0 Å². The molecule has 1 rings (SSSR count). The molecule has 0 heterocycles. The van der Waals surface area contributed by atoms with Crippen molar-refractivity contribution in [3.63, 3.8) is 0 Å². The Bertz CT molecular complexity index is 453. The average molecular weight is 325 g/mol. The van der Waals surface area contributed by atoms with E-state index in [0.717, 1.165) is 0 Å². The molecule has 1 atom stereocenters. The summed E-state index contributed by atoms with van der Waals surface area (Å²) in [6.45, 7) is 0.0787. The molecule has 0 saturated carbocycles. The summed E-state index contributed by atoms with van der Waals surface area (Å²) in [4.78, 5) is 11.9. The maximum atomic E-state index is 11.9. The van der Waals surface area contributed by atoms with Gasteiger partial charge in [0.25, 0.3) is 5.91 Å². The zero-order valence-electron chi connectivity index (χ0n) is 11.4. The highest BCUT2D eigenvalue weighted by Crippen LogP contribution is 2.35. The van der Waals surface area contributed by atoms with Gasteiger partial charge in [0.05, 0.1) is 24.9 Å². The Morgan fingerprint density at radius 2 is 1.90 bits per heavy atom. The van der Waals surface area contributed by atoms with Crippen molar-refractivity contribution in [3.05, 3.63) is 17.2 Å². The fourth-order valence-corrected chi connectivity index (χ4v) is 1.71. The summed E-state index contributed by atoms with van der Waals surface area (Å²) in [6.07, 6.45) is -0.730. The lowest BCUT2D eigenvalue weighted by Gasteiger charge is -2.16. The highest BCUT2D eigenvalue weighted by Gasteiger charge is 2.18. The van der Waals surface area contributed by atoms with E-state index in [2.05, 4.69) is 5.32 Å². The van der Waals surface area contributed by atoms with Gasteiger partial charge in [-0.3, -0.25) is 4.79 Å². The molecule has 0 spiro atoms. The third-order valence-electron chi connectivity index (χ3n) is 2.52. The van der Waals surface area contributed by atoms with Gasteiger partial charge >= 0.3 is 0 Å². The van der Waals surface area contributed by atoms with Crippen LogP contribution in [0.15, 0.2) is 12.1 Å². The molecule has 0 aliphatic rings. The third-order valence-corrected chi connectivity index (χ3v) is 2.82. The van der Waals surface area contributed by atoms with Crippen LogP contribution in [-0.2, 0) is 9.53 Å². The Labute approximate surface area is 128 Å². The van der Waals surface area contributed by atoms with E-state index in [4.69, 9.17) is 31.5 Å². The molecule has 1 aromatic rings. The highest BCUT2D eigenvalue weighted by atomic mass is 35.5. The van der Waals surface area contributed by atoms with E-state index in [1.165, 1.54) is 21.3 Å². The fourth-order valence-electron chi connectivity index (χ4n) is 1.48. The Kier molecular flexibility index (Phi) is 8.33. The van der Waals surface area contributed by atoms with Gasteiger partial charge in [-0.15, -0.1) is 12.4 Å². The number of ether oxygens (including phenoxy) is 3. The maximum Gasteiger partial charge on any atom is 0.254 e. The van der Waals surface area contributed by atoms with E-state index in [0.29, 0.717) is 22.2 Å². The summed E-state index contributed by atoms with van der Waals surface area (Å²) in [7, 11) is 4.37. The molecular formula is C12H18Cl2N2O4. The van der Waals surface area contributed by atoms with Crippen molar-refractivity contribution in [2.45, 2.75) is 6.10 Å². The molecular weight excluding hydrogens is 307 g/mol. The summed E-state index contributed by atoms with van der Waals surface area (Å²) in [5.74, 6) is 0.484. The molecule has 1 amide bonds. The van der Waals surface area contributed by atoms with Crippen LogP contribution in [0.25, 0.3) is 0 Å². The molecule has 0 saturated heterocycles. The monoisotopic (exact) mass is 324 g/mol. The number of benzene rings is 1.